The van der Waals surface area contributed by atoms with Gasteiger partial charge in [-0.25, -0.2) is 10.5 Å². The Bertz CT molecular complexity index is 1260. The quantitative estimate of drug-likeness (QED) is 0.395. The number of hydrogen-bond donors (Lipinski definition) is 2. The molecular formula is C24H21N3O3. The summed E-state index contributed by atoms with van der Waals surface area (Å²) >= 11 is 0. The van der Waals surface area contributed by atoms with Crippen molar-refractivity contribution in [2.24, 2.45) is 0 Å². The minimum Gasteiger partial charge on any atom is -0.300 e. The molecule has 2 N–H and O–H groups in total. The van der Waals surface area contributed by atoms with Gasteiger partial charge in [-0.3, -0.25) is 14.8 Å². The number of aromatic nitrogens is 2. The van der Waals surface area contributed by atoms with E-state index in [1.54, 1.807) is 34.3 Å². The van der Waals surface area contributed by atoms with Crippen molar-refractivity contribution < 1.29 is 10.0 Å². The number of carbonyl (C=O) groups excluding carboxylic acids is 1. The predicted octanol–water partition coefficient (Wildman–Crippen LogP) is 3.79. The number of para-hydroxylation sites is 2. The standard InChI is InChI=1S/C24H21N3O3/c1-2-16-7-11-18(12-8-16)22-24(29)27(21-6-4-3-5-20(21)25-22)15-17-9-13-19(14-10-17)23(28)26-30/h3-14,30H,2,15H2,1H3,(H,26,28). The first kappa shape index (κ1) is 19.5. The summed E-state index contributed by atoms with van der Waals surface area (Å²) in [5, 5.41) is 8.77. The number of carbonyl (C=O) groups is 1. The van der Waals surface area contributed by atoms with Crippen molar-refractivity contribution in [3.8, 4) is 11.3 Å². The summed E-state index contributed by atoms with van der Waals surface area (Å²) in [6.07, 6.45) is 0.931. The summed E-state index contributed by atoms with van der Waals surface area (Å²) in [4.78, 5) is 29.5. The Labute approximate surface area is 173 Å². The van der Waals surface area contributed by atoms with Gasteiger partial charge in [-0.05, 0) is 41.8 Å². The Morgan fingerprint density at radius 3 is 2.30 bits per heavy atom. The van der Waals surface area contributed by atoms with Crippen LogP contribution in [0, 0.1) is 0 Å². The van der Waals surface area contributed by atoms with Crippen molar-refractivity contribution >= 4 is 16.9 Å². The number of nitrogens with one attached hydrogen (secondary N) is 1. The molecule has 150 valence electrons. The van der Waals surface area contributed by atoms with Gasteiger partial charge in [0.15, 0.2) is 0 Å². The second-order valence-electron chi connectivity index (χ2n) is 7.03. The van der Waals surface area contributed by atoms with Crippen molar-refractivity contribution in [1.82, 2.24) is 15.0 Å². The average Bonchev–Trinajstić information content (AvgIpc) is 2.80. The highest BCUT2D eigenvalue weighted by atomic mass is 16.5. The molecule has 0 bridgehead atoms. The second kappa shape index (κ2) is 8.31. The highest BCUT2D eigenvalue weighted by Crippen LogP contribution is 2.19. The third-order valence-corrected chi connectivity index (χ3v) is 5.15. The van der Waals surface area contributed by atoms with E-state index in [2.05, 4.69) is 11.9 Å². The van der Waals surface area contributed by atoms with E-state index in [-0.39, 0.29) is 5.56 Å². The van der Waals surface area contributed by atoms with Crippen LogP contribution in [0.4, 0.5) is 0 Å². The lowest BCUT2D eigenvalue weighted by Crippen LogP contribution is -2.24. The molecular weight excluding hydrogens is 378 g/mol. The number of nitrogens with zero attached hydrogens (tertiary/aromatic N) is 2. The molecule has 1 aromatic heterocycles. The third-order valence-electron chi connectivity index (χ3n) is 5.15. The molecule has 4 rings (SSSR count). The van der Waals surface area contributed by atoms with Crippen molar-refractivity contribution in [3.05, 3.63) is 99.8 Å². The van der Waals surface area contributed by atoms with Gasteiger partial charge in [0.05, 0.1) is 17.6 Å². The minimum absolute atomic E-state index is 0.171. The highest BCUT2D eigenvalue weighted by molar-refractivity contribution is 5.93. The Kier molecular flexibility index (Phi) is 5.41. The molecule has 30 heavy (non-hydrogen) atoms. The fourth-order valence-electron chi connectivity index (χ4n) is 3.44. The van der Waals surface area contributed by atoms with Gasteiger partial charge in [0.2, 0.25) is 0 Å². The van der Waals surface area contributed by atoms with Crippen molar-refractivity contribution in [2.75, 3.05) is 0 Å². The lowest BCUT2D eigenvalue weighted by Gasteiger charge is -2.13. The zero-order valence-electron chi connectivity index (χ0n) is 16.5. The zero-order valence-corrected chi connectivity index (χ0v) is 16.5. The van der Waals surface area contributed by atoms with Crippen LogP contribution in [0.15, 0.2) is 77.6 Å². The molecule has 0 unspecified atom stereocenters. The number of aryl methyl sites for hydroxylation is 1. The van der Waals surface area contributed by atoms with Gasteiger partial charge < -0.3 is 4.57 Å². The van der Waals surface area contributed by atoms with Gasteiger partial charge in [-0.2, -0.15) is 0 Å². The van der Waals surface area contributed by atoms with Gasteiger partial charge >= 0.3 is 0 Å². The average molecular weight is 399 g/mol. The van der Waals surface area contributed by atoms with Gasteiger partial charge in [0.1, 0.15) is 5.69 Å². The van der Waals surface area contributed by atoms with Crippen LogP contribution in [-0.4, -0.2) is 20.7 Å². The summed E-state index contributed by atoms with van der Waals surface area (Å²) < 4.78 is 1.70. The molecule has 0 spiro atoms. The molecule has 0 radical (unpaired) electrons. The second-order valence-corrected chi connectivity index (χ2v) is 7.03. The number of benzene rings is 3. The van der Waals surface area contributed by atoms with E-state index in [4.69, 9.17) is 5.21 Å². The lowest BCUT2D eigenvalue weighted by molar-refractivity contribution is 0.0706. The summed E-state index contributed by atoms with van der Waals surface area (Å²) in [6, 6.07) is 22.2. The summed E-state index contributed by atoms with van der Waals surface area (Å²) in [6.45, 7) is 2.43. The Balaban J connectivity index is 1.81. The van der Waals surface area contributed by atoms with Crippen LogP contribution in [0.5, 0.6) is 0 Å². The number of amides is 1. The van der Waals surface area contributed by atoms with Crippen LogP contribution >= 0.6 is 0 Å². The number of hydrogen-bond acceptors (Lipinski definition) is 4. The molecule has 0 aliphatic carbocycles. The smallest absolute Gasteiger partial charge is 0.277 e. The molecule has 0 saturated carbocycles. The SMILES string of the molecule is CCc1ccc(-c2nc3ccccc3n(Cc3ccc(C(=O)NO)cc3)c2=O)cc1. The van der Waals surface area contributed by atoms with E-state index in [1.165, 1.54) is 5.56 Å². The largest absolute Gasteiger partial charge is 0.300 e. The topological polar surface area (TPSA) is 84.2 Å². The number of rotatable bonds is 5. The zero-order chi connectivity index (χ0) is 21.1. The first-order valence-electron chi connectivity index (χ1n) is 9.73. The molecule has 1 amide bonds. The lowest BCUT2D eigenvalue weighted by atomic mass is 10.1. The van der Waals surface area contributed by atoms with Crippen molar-refractivity contribution in [2.45, 2.75) is 19.9 Å². The Morgan fingerprint density at radius 2 is 1.63 bits per heavy atom. The van der Waals surface area contributed by atoms with E-state index in [1.807, 2.05) is 48.5 Å². The molecule has 3 aromatic carbocycles. The van der Waals surface area contributed by atoms with E-state index in [9.17, 15) is 9.59 Å². The van der Waals surface area contributed by atoms with Gasteiger partial charge in [0, 0.05) is 11.1 Å². The molecule has 0 fully saturated rings. The number of fused-ring (bicyclic) bond motifs is 1. The molecule has 0 atom stereocenters. The molecule has 0 saturated heterocycles. The van der Waals surface area contributed by atoms with Gasteiger partial charge in [0.25, 0.3) is 11.5 Å². The van der Waals surface area contributed by atoms with Crippen LogP contribution in [0.2, 0.25) is 0 Å². The fourth-order valence-corrected chi connectivity index (χ4v) is 3.44. The summed E-state index contributed by atoms with van der Waals surface area (Å²) in [5.74, 6) is -0.578. The molecule has 0 aliphatic rings. The van der Waals surface area contributed by atoms with E-state index in [0.29, 0.717) is 17.8 Å². The normalized spacial score (nSPS) is 10.9. The highest BCUT2D eigenvalue weighted by Gasteiger charge is 2.13. The molecule has 6 nitrogen and oxygen atoms in total. The van der Waals surface area contributed by atoms with Crippen LogP contribution in [0.1, 0.15) is 28.4 Å². The predicted molar refractivity (Wildman–Crippen MR) is 116 cm³/mol. The molecule has 1 heterocycles. The van der Waals surface area contributed by atoms with E-state index in [0.717, 1.165) is 28.6 Å². The van der Waals surface area contributed by atoms with Gasteiger partial charge in [-0.1, -0.05) is 55.5 Å². The van der Waals surface area contributed by atoms with Crippen LogP contribution < -0.4 is 11.0 Å². The Hall–Kier alpha value is -3.77. The first-order valence-corrected chi connectivity index (χ1v) is 9.73. The van der Waals surface area contributed by atoms with E-state index < -0.39 is 5.91 Å². The fraction of sp³-hybridized carbons (Fsp3) is 0.125. The number of hydroxylamine groups is 1. The maximum atomic E-state index is 13.4. The van der Waals surface area contributed by atoms with Crippen molar-refractivity contribution in [3.63, 3.8) is 0 Å². The minimum atomic E-state index is -0.578. The molecule has 4 aromatic rings. The van der Waals surface area contributed by atoms with Crippen LogP contribution in [0.25, 0.3) is 22.3 Å². The van der Waals surface area contributed by atoms with Crippen LogP contribution in [0.3, 0.4) is 0 Å². The monoisotopic (exact) mass is 399 g/mol. The van der Waals surface area contributed by atoms with Crippen molar-refractivity contribution in [1.29, 1.82) is 0 Å². The maximum absolute atomic E-state index is 13.4. The van der Waals surface area contributed by atoms with Gasteiger partial charge in [-0.15, -0.1) is 0 Å². The summed E-state index contributed by atoms with van der Waals surface area (Å²) in [7, 11) is 0. The van der Waals surface area contributed by atoms with E-state index >= 15 is 0 Å². The molecule has 0 aliphatic heterocycles. The first-order chi connectivity index (χ1) is 14.6. The maximum Gasteiger partial charge on any atom is 0.277 e. The summed E-state index contributed by atoms with van der Waals surface area (Å²) in [5.41, 5.74) is 6.52. The Morgan fingerprint density at radius 1 is 0.967 bits per heavy atom. The molecule has 6 heteroatoms. The third kappa shape index (κ3) is 3.73. The van der Waals surface area contributed by atoms with Crippen LogP contribution in [-0.2, 0) is 13.0 Å².